The van der Waals surface area contributed by atoms with Crippen LogP contribution in [0.5, 0.6) is 0 Å². The van der Waals surface area contributed by atoms with Crippen molar-refractivity contribution in [2.24, 2.45) is 0 Å². The summed E-state index contributed by atoms with van der Waals surface area (Å²) in [5.74, 6) is -0.662. The molecule has 1 N–H and O–H groups in total. The van der Waals surface area contributed by atoms with Crippen molar-refractivity contribution in [2.45, 2.75) is 52.1 Å². The summed E-state index contributed by atoms with van der Waals surface area (Å²) < 4.78 is 13.4. The number of nitrogens with zero attached hydrogens (tertiary/aromatic N) is 1. The number of nitrogens with one attached hydrogen (secondary N) is 1. The average molecular weight is 461 g/mol. The lowest BCUT2D eigenvalue weighted by molar-refractivity contribution is -0.140. The SMILES string of the molecule is CCCCNC(=O)[C@@H](Cc1ccccc1)N(Cc1ccccc1C)C(=O)Cc1ccc(F)cc1. The summed E-state index contributed by atoms with van der Waals surface area (Å²) in [5.41, 5.74) is 3.76. The number of hydrogen-bond acceptors (Lipinski definition) is 2. The van der Waals surface area contributed by atoms with Crippen LogP contribution in [0.15, 0.2) is 78.9 Å². The summed E-state index contributed by atoms with van der Waals surface area (Å²) in [7, 11) is 0. The summed E-state index contributed by atoms with van der Waals surface area (Å²) in [6.07, 6.45) is 2.37. The molecular formula is C29H33FN2O2. The molecule has 0 bridgehead atoms. The van der Waals surface area contributed by atoms with Gasteiger partial charge in [-0.3, -0.25) is 9.59 Å². The van der Waals surface area contributed by atoms with Crippen LogP contribution in [0.4, 0.5) is 4.39 Å². The van der Waals surface area contributed by atoms with E-state index in [9.17, 15) is 14.0 Å². The van der Waals surface area contributed by atoms with Gasteiger partial charge in [-0.2, -0.15) is 0 Å². The Morgan fingerprint density at radius 2 is 1.59 bits per heavy atom. The molecule has 3 rings (SSSR count). The quantitative estimate of drug-likeness (QED) is 0.398. The fourth-order valence-corrected chi connectivity index (χ4v) is 3.91. The van der Waals surface area contributed by atoms with Crippen molar-refractivity contribution in [3.63, 3.8) is 0 Å². The van der Waals surface area contributed by atoms with Gasteiger partial charge in [-0.25, -0.2) is 4.39 Å². The molecule has 0 saturated carbocycles. The molecule has 0 aromatic heterocycles. The van der Waals surface area contributed by atoms with Crippen LogP contribution in [-0.4, -0.2) is 29.3 Å². The zero-order valence-corrected chi connectivity index (χ0v) is 20.0. The second-order valence-electron chi connectivity index (χ2n) is 8.60. The molecule has 0 spiro atoms. The molecule has 0 heterocycles. The van der Waals surface area contributed by atoms with Gasteiger partial charge in [0.25, 0.3) is 0 Å². The molecule has 3 aromatic carbocycles. The van der Waals surface area contributed by atoms with E-state index >= 15 is 0 Å². The first-order valence-electron chi connectivity index (χ1n) is 11.9. The van der Waals surface area contributed by atoms with Crippen LogP contribution in [0.3, 0.4) is 0 Å². The standard InChI is InChI=1S/C29H33FN2O2/c1-3-4-18-31-29(34)27(19-23-11-6-5-7-12-23)32(21-25-13-9-8-10-22(25)2)28(33)20-24-14-16-26(30)17-15-24/h5-17,27H,3-4,18-21H2,1-2H3,(H,31,34)/t27-/m1/s1. The first-order chi connectivity index (χ1) is 16.5. The van der Waals surface area contributed by atoms with Crippen molar-refractivity contribution >= 4 is 11.8 Å². The van der Waals surface area contributed by atoms with Crippen LogP contribution in [0, 0.1) is 12.7 Å². The van der Waals surface area contributed by atoms with Crippen LogP contribution < -0.4 is 5.32 Å². The second kappa shape index (κ2) is 12.7. The summed E-state index contributed by atoms with van der Waals surface area (Å²) in [5, 5.41) is 3.03. The normalized spacial score (nSPS) is 11.6. The Morgan fingerprint density at radius 1 is 0.912 bits per heavy atom. The van der Waals surface area contributed by atoms with Gasteiger partial charge in [0.1, 0.15) is 11.9 Å². The van der Waals surface area contributed by atoms with Gasteiger partial charge >= 0.3 is 0 Å². The Hall–Kier alpha value is -3.47. The van der Waals surface area contributed by atoms with Gasteiger partial charge in [0, 0.05) is 19.5 Å². The molecule has 34 heavy (non-hydrogen) atoms. The van der Waals surface area contributed by atoms with Gasteiger partial charge in [-0.15, -0.1) is 0 Å². The number of rotatable bonds is 11. The van der Waals surface area contributed by atoms with E-state index in [4.69, 9.17) is 0 Å². The number of aryl methyl sites for hydroxylation is 1. The highest BCUT2D eigenvalue weighted by molar-refractivity contribution is 5.88. The van der Waals surface area contributed by atoms with E-state index in [0.29, 0.717) is 25.1 Å². The smallest absolute Gasteiger partial charge is 0.243 e. The molecular weight excluding hydrogens is 427 g/mol. The Bertz CT molecular complexity index is 1070. The van der Waals surface area contributed by atoms with Gasteiger partial charge in [0.2, 0.25) is 11.8 Å². The Labute approximate surface area is 201 Å². The fraction of sp³-hybridized carbons (Fsp3) is 0.310. The maximum absolute atomic E-state index is 13.6. The summed E-state index contributed by atoms with van der Waals surface area (Å²) in [6.45, 7) is 4.98. The molecule has 3 aromatic rings. The molecule has 0 aliphatic heterocycles. The van der Waals surface area contributed by atoms with Gasteiger partial charge in [-0.1, -0.05) is 80.1 Å². The lowest BCUT2D eigenvalue weighted by Gasteiger charge is -2.32. The predicted molar refractivity (Wildman–Crippen MR) is 134 cm³/mol. The highest BCUT2D eigenvalue weighted by Gasteiger charge is 2.30. The lowest BCUT2D eigenvalue weighted by Crippen LogP contribution is -2.51. The molecule has 5 heteroatoms. The number of hydrogen-bond donors (Lipinski definition) is 1. The van der Waals surface area contributed by atoms with Crippen LogP contribution in [-0.2, 0) is 29.0 Å². The molecule has 0 unspecified atom stereocenters. The van der Waals surface area contributed by atoms with E-state index in [0.717, 1.165) is 29.5 Å². The summed E-state index contributed by atoms with van der Waals surface area (Å²) in [4.78, 5) is 28.7. The van der Waals surface area contributed by atoms with E-state index in [1.54, 1.807) is 17.0 Å². The zero-order chi connectivity index (χ0) is 24.3. The third-order valence-electron chi connectivity index (χ3n) is 5.97. The maximum Gasteiger partial charge on any atom is 0.243 e. The van der Waals surface area contributed by atoms with E-state index in [2.05, 4.69) is 12.2 Å². The van der Waals surface area contributed by atoms with Crippen molar-refractivity contribution in [1.82, 2.24) is 10.2 Å². The number of halogens is 1. The third-order valence-corrected chi connectivity index (χ3v) is 5.97. The first kappa shape index (κ1) is 25.2. The van der Waals surface area contributed by atoms with Crippen LogP contribution >= 0.6 is 0 Å². The molecule has 178 valence electrons. The Kier molecular flexibility index (Phi) is 9.39. The van der Waals surface area contributed by atoms with Crippen molar-refractivity contribution in [3.05, 3.63) is 107 Å². The molecule has 0 aliphatic rings. The molecule has 0 fully saturated rings. The van der Waals surface area contributed by atoms with E-state index in [1.807, 2.05) is 61.5 Å². The fourth-order valence-electron chi connectivity index (χ4n) is 3.91. The van der Waals surface area contributed by atoms with Gasteiger partial charge in [-0.05, 0) is 47.7 Å². The van der Waals surface area contributed by atoms with Crippen molar-refractivity contribution in [1.29, 1.82) is 0 Å². The Morgan fingerprint density at radius 3 is 2.26 bits per heavy atom. The highest BCUT2D eigenvalue weighted by Crippen LogP contribution is 2.18. The minimum Gasteiger partial charge on any atom is -0.354 e. The van der Waals surface area contributed by atoms with E-state index in [-0.39, 0.29) is 24.1 Å². The van der Waals surface area contributed by atoms with Crippen molar-refractivity contribution in [3.8, 4) is 0 Å². The highest BCUT2D eigenvalue weighted by atomic mass is 19.1. The molecule has 1 atom stereocenters. The number of carbonyl (C=O) groups is 2. The van der Waals surface area contributed by atoms with Gasteiger partial charge in [0.05, 0.1) is 6.42 Å². The van der Waals surface area contributed by atoms with E-state index in [1.165, 1.54) is 12.1 Å². The molecule has 0 aliphatic carbocycles. The van der Waals surface area contributed by atoms with Crippen LogP contribution in [0.25, 0.3) is 0 Å². The number of benzene rings is 3. The predicted octanol–water partition coefficient (Wildman–Crippen LogP) is 5.23. The van der Waals surface area contributed by atoms with Gasteiger partial charge < -0.3 is 10.2 Å². The average Bonchev–Trinajstić information content (AvgIpc) is 2.84. The molecule has 0 radical (unpaired) electrons. The zero-order valence-electron chi connectivity index (χ0n) is 20.0. The molecule has 0 saturated heterocycles. The second-order valence-corrected chi connectivity index (χ2v) is 8.60. The number of carbonyl (C=O) groups excluding carboxylic acids is 2. The maximum atomic E-state index is 13.6. The van der Waals surface area contributed by atoms with E-state index < -0.39 is 6.04 Å². The van der Waals surface area contributed by atoms with Gasteiger partial charge in [0.15, 0.2) is 0 Å². The minimum atomic E-state index is -0.660. The third kappa shape index (κ3) is 7.27. The lowest BCUT2D eigenvalue weighted by atomic mass is 10.0. The number of amides is 2. The topological polar surface area (TPSA) is 49.4 Å². The largest absolute Gasteiger partial charge is 0.354 e. The van der Waals surface area contributed by atoms with Crippen LogP contribution in [0.1, 0.15) is 42.0 Å². The minimum absolute atomic E-state index is 0.0969. The monoisotopic (exact) mass is 460 g/mol. The molecule has 4 nitrogen and oxygen atoms in total. The van der Waals surface area contributed by atoms with Crippen molar-refractivity contribution in [2.75, 3.05) is 6.54 Å². The first-order valence-corrected chi connectivity index (χ1v) is 11.9. The van der Waals surface area contributed by atoms with Crippen molar-refractivity contribution < 1.29 is 14.0 Å². The number of unbranched alkanes of at least 4 members (excludes halogenated alkanes) is 1. The summed E-state index contributed by atoms with van der Waals surface area (Å²) in [6, 6.07) is 22.9. The summed E-state index contributed by atoms with van der Waals surface area (Å²) >= 11 is 0. The Balaban J connectivity index is 1.94. The molecule has 2 amide bonds. The van der Waals surface area contributed by atoms with Crippen LogP contribution in [0.2, 0.25) is 0 Å².